The van der Waals surface area contributed by atoms with E-state index >= 15 is 0 Å². The molecule has 0 heterocycles. The Balaban J connectivity index is 1.89. The van der Waals surface area contributed by atoms with Gasteiger partial charge in [0.05, 0.1) is 6.21 Å². The van der Waals surface area contributed by atoms with Crippen LogP contribution in [0.2, 0.25) is 0 Å². The first-order valence-corrected chi connectivity index (χ1v) is 8.08. The molecule has 2 aromatic rings. The van der Waals surface area contributed by atoms with Gasteiger partial charge < -0.3 is 4.74 Å². The van der Waals surface area contributed by atoms with Crippen molar-refractivity contribution in [2.45, 2.75) is 33.6 Å². The van der Waals surface area contributed by atoms with E-state index in [0.29, 0.717) is 5.92 Å². The van der Waals surface area contributed by atoms with Crippen molar-refractivity contribution >= 4 is 12.1 Å². The summed E-state index contributed by atoms with van der Waals surface area (Å²) >= 11 is 0. The van der Waals surface area contributed by atoms with E-state index in [0.717, 1.165) is 22.4 Å². The summed E-state index contributed by atoms with van der Waals surface area (Å²) in [5, 5.41) is 4.00. The van der Waals surface area contributed by atoms with Crippen molar-refractivity contribution in [3.05, 3.63) is 64.7 Å². The zero-order chi connectivity index (χ0) is 17.5. The van der Waals surface area contributed by atoms with Gasteiger partial charge in [0, 0.05) is 0 Å². The van der Waals surface area contributed by atoms with E-state index in [4.69, 9.17) is 4.74 Å². The van der Waals surface area contributed by atoms with Gasteiger partial charge in [-0.05, 0) is 42.5 Å². The van der Waals surface area contributed by atoms with Crippen molar-refractivity contribution in [3.63, 3.8) is 0 Å². The first-order valence-electron chi connectivity index (χ1n) is 8.08. The maximum absolute atomic E-state index is 11.9. The topological polar surface area (TPSA) is 50.7 Å². The van der Waals surface area contributed by atoms with Gasteiger partial charge >= 0.3 is 0 Å². The Morgan fingerprint density at radius 3 is 2.67 bits per heavy atom. The molecule has 0 saturated carbocycles. The third-order valence-electron chi connectivity index (χ3n) is 3.72. The minimum absolute atomic E-state index is 0.0616. The summed E-state index contributed by atoms with van der Waals surface area (Å²) in [6.07, 6.45) is 1.65. The summed E-state index contributed by atoms with van der Waals surface area (Å²) in [5.74, 6) is 0.794. The highest BCUT2D eigenvalue weighted by atomic mass is 16.5. The number of carbonyl (C=O) groups is 1. The molecule has 0 radical (unpaired) electrons. The van der Waals surface area contributed by atoms with Crippen LogP contribution in [0.5, 0.6) is 5.75 Å². The fraction of sp³-hybridized carbons (Fsp3) is 0.300. The average Bonchev–Trinajstić information content (AvgIpc) is 2.55. The van der Waals surface area contributed by atoms with Gasteiger partial charge in [-0.3, -0.25) is 4.79 Å². The Labute approximate surface area is 143 Å². The summed E-state index contributed by atoms with van der Waals surface area (Å²) in [6, 6.07) is 13.8. The van der Waals surface area contributed by atoms with Crippen molar-refractivity contribution in [1.82, 2.24) is 5.43 Å². The molecule has 2 rings (SSSR count). The lowest BCUT2D eigenvalue weighted by atomic mass is 10.0. The normalized spacial score (nSPS) is 11.0. The number of hydrogen-bond donors (Lipinski definition) is 1. The van der Waals surface area contributed by atoms with E-state index in [1.54, 1.807) is 6.21 Å². The molecule has 0 spiro atoms. The molecule has 2 aromatic carbocycles. The predicted octanol–water partition coefficient (Wildman–Crippen LogP) is 3.96. The van der Waals surface area contributed by atoms with Crippen LogP contribution in [0.1, 0.15) is 42.0 Å². The maximum Gasteiger partial charge on any atom is 0.277 e. The fourth-order valence-corrected chi connectivity index (χ4v) is 2.41. The van der Waals surface area contributed by atoms with Crippen LogP contribution < -0.4 is 10.2 Å². The molecule has 1 N–H and O–H groups in total. The molecule has 0 aliphatic heterocycles. The Hall–Kier alpha value is -2.62. The zero-order valence-corrected chi connectivity index (χ0v) is 14.7. The highest BCUT2D eigenvalue weighted by Crippen LogP contribution is 2.25. The number of para-hydroxylation sites is 1. The van der Waals surface area contributed by atoms with E-state index in [1.165, 1.54) is 5.56 Å². The van der Waals surface area contributed by atoms with Gasteiger partial charge in [-0.25, -0.2) is 5.43 Å². The van der Waals surface area contributed by atoms with Crippen LogP contribution in [0, 0.1) is 13.8 Å². The molecule has 4 nitrogen and oxygen atoms in total. The number of amides is 1. The molecule has 0 unspecified atom stereocenters. The monoisotopic (exact) mass is 324 g/mol. The standard InChI is InChI=1S/C20H24N2O2/c1-14(2)18-7-5-6-8-19(18)24-13-20(23)22-21-12-17-10-9-15(3)11-16(17)4/h5-12,14H,13H2,1-4H3,(H,22,23)/b21-12+. The summed E-state index contributed by atoms with van der Waals surface area (Å²) in [5.41, 5.74) is 6.88. The van der Waals surface area contributed by atoms with Crippen LogP contribution in [0.15, 0.2) is 47.6 Å². The van der Waals surface area contributed by atoms with E-state index in [-0.39, 0.29) is 12.5 Å². The molecule has 0 bridgehead atoms. The van der Waals surface area contributed by atoms with Crippen LogP contribution in [0.25, 0.3) is 0 Å². The van der Waals surface area contributed by atoms with Gasteiger partial charge in [-0.15, -0.1) is 0 Å². The summed E-state index contributed by atoms with van der Waals surface area (Å²) in [6.45, 7) is 8.19. The number of aryl methyl sites for hydroxylation is 2. The number of nitrogens with one attached hydrogen (secondary N) is 1. The van der Waals surface area contributed by atoms with Crippen LogP contribution in [-0.4, -0.2) is 18.7 Å². The highest BCUT2D eigenvalue weighted by Gasteiger charge is 2.08. The van der Waals surface area contributed by atoms with E-state index in [1.807, 2.05) is 50.2 Å². The average molecular weight is 324 g/mol. The number of ether oxygens (including phenoxy) is 1. The smallest absolute Gasteiger partial charge is 0.277 e. The molecular weight excluding hydrogens is 300 g/mol. The molecule has 0 aliphatic rings. The minimum Gasteiger partial charge on any atom is -0.483 e. The van der Waals surface area contributed by atoms with Gasteiger partial charge in [0.2, 0.25) is 0 Å². The van der Waals surface area contributed by atoms with Crippen LogP contribution in [0.3, 0.4) is 0 Å². The first-order chi connectivity index (χ1) is 11.5. The number of hydrazone groups is 1. The molecule has 0 fully saturated rings. The SMILES string of the molecule is Cc1ccc(/C=N/NC(=O)COc2ccccc2C(C)C)c(C)c1. The molecule has 4 heteroatoms. The fourth-order valence-electron chi connectivity index (χ4n) is 2.41. The molecule has 126 valence electrons. The Kier molecular flexibility index (Phi) is 6.13. The van der Waals surface area contributed by atoms with Gasteiger partial charge in [0.1, 0.15) is 5.75 Å². The van der Waals surface area contributed by atoms with Crippen molar-refractivity contribution in [2.75, 3.05) is 6.61 Å². The number of hydrogen-bond acceptors (Lipinski definition) is 3. The lowest BCUT2D eigenvalue weighted by molar-refractivity contribution is -0.123. The molecule has 24 heavy (non-hydrogen) atoms. The molecule has 0 saturated heterocycles. The van der Waals surface area contributed by atoms with Crippen molar-refractivity contribution in [1.29, 1.82) is 0 Å². The number of carbonyl (C=O) groups excluding carboxylic acids is 1. The van der Waals surface area contributed by atoms with E-state index in [2.05, 4.69) is 30.4 Å². The third-order valence-corrected chi connectivity index (χ3v) is 3.72. The third kappa shape index (κ3) is 4.95. The van der Waals surface area contributed by atoms with E-state index in [9.17, 15) is 4.79 Å². The molecular formula is C20H24N2O2. The largest absolute Gasteiger partial charge is 0.483 e. The lowest BCUT2D eigenvalue weighted by Crippen LogP contribution is -2.25. The van der Waals surface area contributed by atoms with Crippen LogP contribution in [0.4, 0.5) is 0 Å². The second-order valence-corrected chi connectivity index (χ2v) is 6.13. The highest BCUT2D eigenvalue weighted by molar-refractivity contribution is 5.84. The van der Waals surface area contributed by atoms with Gasteiger partial charge in [-0.2, -0.15) is 5.10 Å². The second-order valence-electron chi connectivity index (χ2n) is 6.13. The molecule has 1 amide bonds. The molecule has 0 aromatic heterocycles. The Morgan fingerprint density at radius 1 is 1.21 bits per heavy atom. The quantitative estimate of drug-likeness (QED) is 0.646. The van der Waals surface area contributed by atoms with E-state index < -0.39 is 0 Å². The summed E-state index contributed by atoms with van der Waals surface area (Å²) in [7, 11) is 0. The lowest BCUT2D eigenvalue weighted by Gasteiger charge is -2.13. The minimum atomic E-state index is -0.283. The van der Waals surface area contributed by atoms with Crippen molar-refractivity contribution in [3.8, 4) is 5.75 Å². The Morgan fingerprint density at radius 2 is 1.96 bits per heavy atom. The number of nitrogens with zero attached hydrogens (tertiary/aromatic N) is 1. The number of benzene rings is 2. The Bertz CT molecular complexity index is 736. The second kappa shape index (κ2) is 8.29. The van der Waals surface area contributed by atoms with Crippen molar-refractivity contribution < 1.29 is 9.53 Å². The molecule has 0 aliphatic carbocycles. The predicted molar refractivity (Wildman–Crippen MR) is 97.7 cm³/mol. The number of rotatable bonds is 6. The van der Waals surface area contributed by atoms with Gasteiger partial charge in [0.25, 0.3) is 5.91 Å². The van der Waals surface area contributed by atoms with Crippen LogP contribution in [-0.2, 0) is 4.79 Å². The summed E-state index contributed by atoms with van der Waals surface area (Å²) < 4.78 is 5.62. The zero-order valence-electron chi connectivity index (χ0n) is 14.7. The van der Waals surface area contributed by atoms with Crippen LogP contribution >= 0.6 is 0 Å². The summed E-state index contributed by atoms with van der Waals surface area (Å²) in [4.78, 5) is 11.9. The van der Waals surface area contributed by atoms with Gasteiger partial charge in [-0.1, -0.05) is 55.8 Å². The first kappa shape index (κ1) is 17.7. The van der Waals surface area contributed by atoms with Gasteiger partial charge in [0.15, 0.2) is 6.61 Å². The molecule has 0 atom stereocenters. The maximum atomic E-state index is 11.9. The van der Waals surface area contributed by atoms with Crippen molar-refractivity contribution in [2.24, 2.45) is 5.10 Å².